The predicted molar refractivity (Wildman–Crippen MR) is 68.8 cm³/mol. The summed E-state index contributed by atoms with van der Waals surface area (Å²) in [7, 11) is 0. The monoisotopic (exact) mass is 251 g/mol. The lowest BCUT2D eigenvalue weighted by Crippen LogP contribution is -2.31. The van der Waals surface area contributed by atoms with Gasteiger partial charge in [-0.25, -0.2) is 4.39 Å². The molecule has 0 bridgehead atoms. The highest BCUT2D eigenvalue weighted by molar-refractivity contribution is 5.57. The topological polar surface area (TPSA) is 59.3 Å². The fraction of sp³-hybridized carbons (Fsp3) is 0.462. The molecule has 0 saturated carbocycles. The maximum absolute atomic E-state index is 13.3. The van der Waals surface area contributed by atoms with E-state index in [1.165, 1.54) is 6.07 Å². The molecule has 0 radical (unpaired) electrons. The van der Waals surface area contributed by atoms with Crippen molar-refractivity contribution in [1.29, 1.82) is 5.26 Å². The molecular weight excluding hydrogens is 233 g/mol. The number of aliphatic hydroxyl groups excluding tert-OH is 1. The first-order valence-corrected chi connectivity index (χ1v) is 5.98. The van der Waals surface area contributed by atoms with Crippen molar-refractivity contribution < 1.29 is 9.50 Å². The van der Waals surface area contributed by atoms with E-state index in [-0.39, 0.29) is 12.2 Å². The van der Waals surface area contributed by atoms with E-state index in [9.17, 15) is 4.39 Å². The fourth-order valence-corrected chi connectivity index (χ4v) is 1.70. The Balaban J connectivity index is 2.54. The van der Waals surface area contributed by atoms with Crippen molar-refractivity contribution in [3.63, 3.8) is 0 Å². The van der Waals surface area contributed by atoms with Crippen molar-refractivity contribution >= 4 is 5.69 Å². The van der Waals surface area contributed by atoms with Crippen LogP contribution in [-0.4, -0.2) is 42.8 Å². The Hall–Kier alpha value is -1.64. The molecule has 2 N–H and O–H groups in total. The van der Waals surface area contributed by atoms with Gasteiger partial charge in [-0.3, -0.25) is 4.90 Å². The molecule has 0 amide bonds. The molecule has 0 aliphatic heterocycles. The Morgan fingerprint density at radius 1 is 1.44 bits per heavy atom. The molecule has 0 spiro atoms. The lowest BCUT2D eigenvalue weighted by atomic mass is 10.2. The summed E-state index contributed by atoms with van der Waals surface area (Å²) in [5, 5.41) is 20.8. The minimum absolute atomic E-state index is 0.0442. The van der Waals surface area contributed by atoms with Crippen LogP contribution in [0.5, 0.6) is 0 Å². The first kappa shape index (κ1) is 14.4. The zero-order valence-corrected chi connectivity index (χ0v) is 10.5. The first-order chi connectivity index (χ1) is 8.72. The quantitative estimate of drug-likeness (QED) is 0.769. The van der Waals surface area contributed by atoms with Gasteiger partial charge in [0.15, 0.2) is 0 Å². The molecule has 0 aliphatic carbocycles. The summed E-state index contributed by atoms with van der Waals surface area (Å²) in [5.74, 6) is -0.509. The van der Waals surface area contributed by atoms with Gasteiger partial charge in [0.2, 0.25) is 0 Å². The maximum atomic E-state index is 13.3. The number of benzene rings is 1. The van der Waals surface area contributed by atoms with Gasteiger partial charge in [0.05, 0.1) is 12.3 Å². The van der Waals surface area contributed by atoms with E-state index in [4.69, 9.17) is 10.4 Å². The van der Waals surface area contributed by atoms with Crippen molar-refractivity contribution in [1.82, 2.24) is 4.90 Å². The Labute approximate surface area is 107 Å². The third-order valence-electron chi connectivity index (χ3n) is 2.73. The van der Waals surface area contributed by atoms with E-state index >= 15 is 0 Å². The highest BCUT2D eigenvalue weighted by Gasteiger charge is 2.07. The average molecular weight is 251 g/mol. The van der Waals surface area contributed by atoms with Crippen LogP contribution in [0.4, 0.5) is 10.1 Å². The van der Waals surface area contributed by atoms with Gasteiger partial charge in [0, 0.05) is 19.6 Å². The first-order valence-electron chi connectivity index (χ1n) is 5.98. The molecule has 4 nitrogen and oxygen atoms in total. The Kier molecular flexibility index (Phi) is 6.12. The zero-order valence-electron chi connectivity index (χ0n) is 10.5. The molecule has 98 valence electrons. The number of nitrogens with one attached hydrogen (secondary N) is 1. The second-order valence-corrected chi connectivity index (χ2v) is 3.86. The van der Waals surface area contributed by atoms with Gasteiger partial charge in [-0.2, -0.15) is 5.26 Å². The molecule has 0 unspecified atom stereocenters. The molecule has 0 aromatic heterocycles. The largest absolute Gasteiger partial charge is 0.395 e. The molecule has 1 aromatic carbocycles. The van der Waals surface area contributed by atoms with Crippen LogP contribution < -0.4 is 5.32 Å². The molecule has 5 heteroatoms. The van der Waals surface area contributed by atoms with E-state index in [2.05, 4.69) is 10.2 Å². The summed E-state index contributed by atoms with van der Waals surface area (Å²) in [4.78, 5) is 2.07. The number of nitriles is 1. The van der Waals surface area contributed by atoms with Crippen LogP contribution in [0.3, 0.4) is 0 Å². The van der Waals surface area contributed by atoms with Gasteiger partial charge >= 0.3 is 0 Å². The number of hydrogen-bond acceptors (Lipinski definition) is 4. The second kappa shape index (κ2) is 7.64. The number of rotatable bonds is 7. The molecule has 0 atom stereocenters. The van der Waals surface area contributed by atoms with E-state index in [1.54, 1.807) is 12.1 Å². The summed E-state index contributed by atoms with van der Waals surface area (Å²) in [6.07, 6.45) is 0. The molecule has 0 saturated heterocycles. The maximum Gasteiger partial charge on any atom is 0.143 e. The van der Waals surface area contributed by atoms with Crippen LogP contribution in [0.1, 0.15) is 12.5 Å². The summed E-state index contributed by atoms with van der Waals surface area (Å²) < 4.78 is 13.3. The van der Waals surface area contributed by atoms with E-state index in [0.29, 0.717) is 18.8 Å². The van der Waals surface area contributed by atoms with Gasteiger partial charge in [0.25, 0.3) is 0 Å². The van der Waals surface area contributed by atoms with Gasteiger partial charge < -0.3 is 10.4 Å². The number of aliphatic hydroxyl groups is 1. The second-order valence-electron chi connectivity index (χ2n) is 3.86. The molecule has 0 fully saturated rings. The highest BCUT2D eigenvalue weighted by atomic mass is 19.1. The van der Waals surface area contributed by atoms with Crippen LogP contribution in [0, 0.1) is 17.1 Å². The van der Waals surface area contributed by atoms with Crippen LogP contribution >= 0.6 is 0 Å². The van der Waals surface area contributed by atoms with Gasteiger partial charge in [-0.15, -0.1) is 0 Å². The standard InChI is InChI=1S/C13H18FN3O/c1-2-17(8-9-18)7-6-16-13-5-3-4-12(14)11(13)10-15/h3-5,16,18H,2,6-9H2,1H3. The van der Waals surface area contributed by atoms with Crippen molar-refractivity contribution in [3.8, 4) is 6.07 Å². The molecule has 1 aromatic rings. The van der Waals surface area contributed by atoms with Crippen molar-refractivity contribution in [2.45, 2.75) is 6.92 Å². The summed E-state index contributed by atoms with van der Waals surface area (Å²) >= 11 is 0. The minimum atomic E-state index is -0.509. The predicted octanol–water partition coefficient (Wildman–Crippen LogP) is 1.42. The number of nitrogens with zero attached hydrogens (tertiary/aromatic N) is 2. The summed E-state index contributed by atoms with van der Waals surface area (Å²) in [5.41, 5.74) is 0.556. The molecular formula is C13H18FN3O. The Bertz CT molecular complexity index is 417. The van der Waals surface area contributed by atoms with Crippen LogP contribution in [0.25, 0.3) is 0 Å². The highest BCUT2D eigenvalue weighted by Crippen LogP contribution is 2.17. The lowest BCUT2D eigenvalue weighted by Gasteiger charge is -2.19. The molecule has 18 heavy (non-hydrogen) atoms. The number of halogens is 1. The third-order valence-corrected chi connectivity index (χ3v) is 2.73. The third kappa shape index (κ3) is 3.99. The van der Waals surface area contributed by atoms with Gasteiger partial charge in [0.1, 0.15) is 17.4 Å². The van der Waals surface area contributed by atoms with Crippen LogP contribution in [0.15, 0.2) is 18.2 Å². The number of likely N-dealkylation sites (N-methyl/N-ethyl adjacent to an activating group) is 1. The van der Waals surface area contributed by atoms with Crippen molar-refractivity contribution in [2.75, 3.05) is 38.1 Å². The van der Waals surface area contributed by atoms with Gasteiger partial charge in [-0.1, -0.05) is 13.0 Å². The minimum Gasteiger partial charge on any atom is -0.395 e. The average Bonchev–Trinajstić information content (AvgIpc) is 2.38. The van der Waals surface area contributed by atoms with Gasteiger partial charge in [-0.05, 0) is 18.7 Å². The Morgan fingerprint density at radius 3 is 2.83 bits per heavy atom. The fourth-order valence-electron chi connectivity index (χ4n) is 1.70. The summed E-state index contributed by atoms with van der Waals surface area (Å²) in [6.45, 7) is 4.93. The van der Waals surface area contributed by atoms with Crippen LogP contribution in [-0.2, 0) is 0 Å². The number of hydrogen-bond donors (Lipinski definition) is 2. The van der Waals surface area contributed by atoms with E-state index < -0.39 is 5.82 Å². The van der Waals surface area contributed by atoms with E-state index in [0.717, 1.165) is 13.1 Å². The van der Waals surface area contributed by atoms with Crippen LogP contribution in [0.2, 0.25) is 0 Å². The van der Waals surface area contributed by atoms with Crippen molar-refractivity contribution in [3.05, 3.63) is 29.6 Å². The summed E-state index contributed by atoms with van der Waals surface area (Å²) in [6, 6.07) is 6.38. The van der Waals surface area contributed by atoms with Crippen molar-refractivity contribution in [2.24, 2.45) is 0 Å². The molecule has 0 heterocycles. The molecule has 1 rings (SSSR count). The van der Waals surface area contributed by atoms with E-state index in [1.807, 2.05) is 13.0 Å². The zero-order chi connectivity index (χ0) is 13.4. The smallest absolute Gasteiger partial charge is 0.143 e. The lowest BCUT2D eigenvalue weighted by molar-refractivity contribution is 0.206. The number of anilines is 1. The normalized spacial score (nSPS) is 10.4. The SMILES string of the molecule is CCN(CCO)CCNc1cccc(F)c1C#N. The molecule has 0 aliphatic rings. The Morgan fingerprint density at radius 2 is 2.22 bits per heavy atom.